The number of imidazole rings is 1. The highest BCUT2D eigenvalue weighted by atomic mass is 35.5. The number of pyridine rings is 1. The summed E-state index contributed by atoms with van der Waals surface area (Å²) in [4.78, 5) is 34.3. The van der Waals surface area contributed by atoms with E-state index in [4.69, 9.17) is 11.6 Å². The average Bonchev–Trinajstić information content (AvgIpc) is 3.14. The van der Waals surface area contributed by atoms with Crippen molar-refractivity contribution >= 4 is 34.5 Å². The van der Waals surface area contributed by atoms with Gasteiger partial charge >= 0.3 is 0 Å². The zero-order chi connectivity index (χ0) is 17.9. The molecule has 2 N–H and O–H groups in total. The van der Waals surface area contributed by atoms with Crippen LogP contribution in [0.2, 0.25) is 5.28 Å². The van der Waals surface area contributed by atoms with Crippen LogP contribution in [0.1, 0.15) is 18.4 Å². The van der Waals surface area contributed by atoms with E-state index in [0.717, 1.165) is 30.5 Å². The molecule has 3 aromatic rings. The number of piperidine rings is 1. The summed E-state index contributed by atoms with van der Waals surface area (Å²) in [7, 11) is 0. The van der Waals surface area contributed by atoms with Gasteiger partial charge in [0.2, 0.25) is 11.2 Å². The molecule has 1 fully saturated rings. The third kappa shape index (κ3) is 3.45. The Kier molecular flexibility index (Phi) is 4.66. The number of hydrogen-bond acceptors (Lipinski definition) is 6. The first-order valence-corrected chi connectivity index (χ1v) is 8.86. The molecule has 0 saturated carbocycles. The van der Waals surface area contributed by atoms with E-state index in [1.165, 1.54) is 0 Å². The highest BCUT2D eigenvalue weighted by Gasteiger charge is 2.28. The monoisotopic (exact) mass is 371 g/mol. The van der Waals surface area contributed by atoms with Crippen LogP contribution in [0.4, 0.5) is 5.82 Å². The molecule has 1 saturated heterocycles. The first-order valence-electron chi connectivity index (χ1n) is 8.49. The van der Waals surface area contributed by atoms with Gasteiger partial charge in [0.15, 0.2) is 11.5 Å². The molecule has 1 amide bonds. The Hall–Kier alpha value is -2.74. The molecule has 1 unspecified atom stereocenters. The largest absolute Gasteiger partial charge is 0.354 e. The van der Waals surface area contributed by atoms with Crippen molar-refractivity contribution in [2.24, 2.45) is 5.92 Å². The number of carbonyl (C=O) groups is 1. The van der Waals surface area contributed by atoms with Crippen LogP contribution in [0.5, 0.6) is 0 Å². The quantitative estimate of drug-likeness (QED) is 0.680. The molecule has 26 heavy (non-hydrogen) atoms. The molecule has 0 radical (unpaired) electrons. The summed E-state index contributed by atoms with van der Waals surface area (Å²) in [6.07, 6.45) is 6.77. The molecular weight excluding hydrogens is 354 g/mol. The van der Waals surface area contributed by atoms with Gasteiger partial charge in [-0.3, -0.25) is 9.78 Å². The summed E-state index contributed by atoms with van der Waals surface area (Å²) >= 11 is 6.03. The van der Waals surface area contributed by atoms with Crippen LogP contribution in [0.15, 0.2) is 30.9 Å². The molecule has 0 spiro atoms. The van der Waals surface area contributed by atoms with Gasteiger partial charge in [-0.05, 0) is 42.1 Å². The first-order chi connectivity index (χ1) is 12.7. The van der Waals surface area contributed by atoms with Crippen molar-refractivity contribution < 1.29 is 4.79 Å². The Bertz CT molecular complexity index is 914. The van der Waals surface area contributed by atoms with E-state index in [1.807, 2.05) is 12.1 Å². The zero-order valence-corrected chi connectivity index (χ0v) is 14.8. The molecule has 0 aliphatic carbocycles. The minimum Gasteiger partial charge on any atom is -0.354 e. The first kappa shape index (κ1) is 16.7. The van der Waals surface area contributed by atoms with Crippen molar-refractivity contribution in [2.75, 3.05) is 18.0 Å². The number of nitrogens with one attached hydrogen (secondary N) is 2. The van der Waals surface area contributed by atoms with Crippen LogP contribution in [0.25, 0.3) is 11.2 Å². The lowest BCUT2D eigenvalue weighted by atomic mass is 9.97. The number of fused-ring (bicyclic) bond motifs is 1. The third-order valence-electron chi connectivity index (χ3n) is 4.55. The number of nitrogens with zero attached hydrogens (tertiary/aromatic N) is 5. The molecule has 9 heteroatoms. The SMILES string of the molecule is O=C(NCc1ccncc1)C1CCCN(c2nc(Cl)nc3nc[nH]c23)C1. The lowest BCUT2D eigenvalue weighted by Crippen LogP contribution is -2.43. The third-order valence-corrected chi connectivity index (χ3v) is 4.72. The van der Waals surface area contributed by atoms with Gasteiger partial charge in [0, 0.05) is 32.0 Å². The minimum absolute atomic E-state index is 0.0486. The lowest BCUT2D eigenvalue weighted by Gasteiger charge is -2.33. The molecule has 1 aliphatic heterocycles. The van der Waals surface area contributed by atoms with Gasteiger partial charge < -0.3 is 15.2 Å². The van der Waals surface area contributed by atoms with Crippen LogP contribution >= 0.6 is 11.6 Å². The number of hydrogen-bond donors (Lipinski definition) is 2. The normalized spacial score (nSPS) is 17.4. The zero-order valence-electron chi connectivity index (χ0n) is 14.0. The molecule has 0 aromatic carbocycles. The molecule has 4 rings (SSSR count). The van der Waals surface area contributed by atoms with E-state index in [0.29, 0.717) is 24.6 Å². The van der Waals surface area contributed by atoms with Crippen molar-refractivity contribution in [3.63, 3.8) is 0 Å². The number of aromatic nitrogens is 5. The topological polar surface area (TPSA) is 99.7 Å². The molecule has 8 nitrogen and oxygen atoms in total. The Labute approximate surface area is 155 Å². The molecule has 134 valence electrons. The van der Waals surface area contributed by atoms with E-state index in [-0.39, 0.29) is 17.1 Å². The highest BCUT2D eigenvalue weighted by Crippen LogP contribution is 2.27. The molecule has 3 aromatic heterocycles. The fourth-order valence-corrected chi connectivity index (χ4v) is 3.40. The molecule has 1 aliphatic rings. The Balaban J connectivity index is 1.47. The van der Waals surface area contributed by atoms with Gasteiger partial charge in [-0.25, -0.2) is 4.98 Å². The number of aromatic amines is 1. The van der Waals surface area contributed by atoms with Crippen LogP contribution in [-0.4, -0.2) is 43.9 Å². The van der Waals surface area contributed by atoms with E-state index < -0.39 is 0 Å². The standard InChI is InChI=1S/C17H18ClN7O/c18-17-23-14-13(21-10-22-14)15(24-17)25-7-1-2-12(9-25)16(26)20-8-11-3-5-19-6-4-11/h3-6,10,12H,1-2,7-9H2,(H,20,26)(H,21,22,23,24). The van der Waals surface area contributed by atoms with Gasteiger partial charge in [-0.15, -0.1) is 0 Å². The Morgan fingerprint density at radius 1 is 1.35 bits per heavy atom. The van der Waals surface area contributed by atoms with Gasteiger partial charge in [0.1, 0.15) is 5.52 Å². The second-order valence-corrected chi connectivity index (χ2v) is 6.61. The summed E-state index contributed by atoms with van der Waals surface area (Å²) in [5, 5.41) is 3.17. The maximum atomic E-state index is 12.6. The van der Waals surface area contributed by atoms with Gasteiger partial charge in [0.05, 0.1) is 12.2 Å². The second kappa shape index (κ2) is 7.25. The van der Waals surface area contributed by atoms with Crippen LogP contribution in [0.3, 0.4) is 0 Å². The Morgan fingerprint density at radius 2 is 2.19 bits per heavy atom. The average molecular weight is 372 g/mol. The summed E-state index contributed by atoms with van der Waals surface area (Å²) in [6.45, 7) is 1.90. The minimum atomic E-state index is -0.0997. The highest BCUT2D eigenvalue weighted by molar-refractivity contribution is 6.28. The summed E-state index contributed by atoms with van der Waals surface area (Å²) in [5.74, 6) is 0.647. The molecular formula is C17H18ClN7O. The van der Waals surface area contributed by atoms with Gasteiger partial charge in [-0.1, -0.05) is 0 Å². The summed E-state index contributed by atoms with van der Waals surface area (Å²) in [6, 6.07) is 3.79. The molecule has 1 atom stereocenters. The summed E-state index contributed by atoms with van der Waals surface area (Å²) in [5.41, 5.74) is 2.30. The van der Waals surface area contributed by atoms with Crippen molar-refractivity contribution in [2.45, 2.75) is 19.4 Å². The molecule has 0 bridgehead atoms. The molecule has 4 heterocycles. The van der Waals surface area contributed by atoms with Crippen molar-refractivity contribution in [1.29, 1.82) is 0 Å². The second-order valence-electron chi connectivity index (χ2n) is 6.28. The smallest absolute Gasteiger partial charge is 0.226 e. The van der Waals surface area contributed by atoms with E-state index in [1.54, 1.807) is 18.7 Å². The Morgan fingerprint density at radius 3 is 3.04 bits per heavy atom. The van der Waals surface area contributed by atoms with Gasteiger partial charge in [0.25, 0.3) is 0 Å². The van der Waals surface area contributed by atoms with Crippen molar-refractivity contribution in [1.82, 2.24) is 30.2 Å². The predicted octanol–water partition coefficient (Wildman–Crippen LogP) is 1.93. The van der Waals surface area contributed by atoms with Crippen LogP contribution in [0, 0.1) is 5.92 Å². The van der Waals surface area contributed by atoms with Crippen LogP contribution < -0.4 is 10.2 Å². The number of rotatable bonds is 4. The van der Waals surface area contributed by atoms with Crippen LogP contribution in [-0.2, 0) is 11.3 Å². The van der Waals surface area contributed by atoms with Gasteiger partial charge in [-0.2, -0.15) is 9.97 Å². The van der Waals surface area contributed by atoms with E-state index in [2.05, 4.69) is 35.1 Å². The number of carbonyl (C=O) groups excluding carboxylic acids is 1. The summed E-state index contributed by atoms with van der Waals surface area (Å²) < 4.78 is 0. The van der Waals surface area contributed by atoms with E-state index in [9.17, 15) is 4.79 Å². The van der Waals surface area contributed by atoms with E-state index >= 15 is 0 Å². The van der Waals surface area contributed by atoms with Crippen molar-refractivity contribution in [3.05, 3.63) is 41.7 Å². The lowest BCUT2D eigenvalue weighted by molar-refractivity contribution is -0.125. The fourth-order valence-electron chi connectivity index (χ4n) is 3.24. The maximum absolute atomic E-state index is 12.6. The maximum Gasteiger partial charge on any atom is 0.226 e. The fraction of sp³-hybridized carbons (Fsp3) is 0.353. The number of H-pyrrole nitrogens is 1. The number of halogens is 1. The number of amides is 1. The predicted molar refractivity (Wildman–Crippen MR) is 97.7 cm³/mol. The number of anilines is 1. The van der Waals surface area contributed by atoms with Crippen molar-refractivity contribution in [3.8, 4) is 0 Å².